The molecular formula is C18H21NO4. The molecule has 0 aliphatic carbocycles. The maximum atomic E-state index is 12.1. The van der Waals surface area contributed by atoms with Crippen LogP contribution in [0, 0.1) is 13.8 Å². The number of carbonyl (C=O) groups excluding carboxylic acids is 1. The Kier molecular flexibility index (Phi) is 5.21. The van der Waals surface area contributed by atoms with E-state index in [9.17, 15) is 9.59 Å². The Bertz CT molecular complexity index is 758. The molecule has 1 aromatic heterocycles. The Morgan fingerprint density at radius 3 is 2.65 bits per heavy atom. The van der Waals surface area contributed by atoms with E-state index in [0.717, 1.165) is 27.7 Å². The normalized spacial score (nSPS) is 12.7. The predicted octanol–water partition coefficient (Wildman–Crippen LogP) is 3.13. The van der Waals surface area contributed by atoms with E-state index in [1.165, 1.54) is 0 Å². The first-order valence-electron chi connectivity index (χ1n) is 7.53. The molecule has 23 heavy (non-hydrogen) atoms. The number of nitrogens with one attached hydrogen (secondary N) is 1. The van der Waals surface area contributed by atoms with Crippen molar-refractivity contribution in [1.82, 2.24) is 5.32 Å². The summed E-state index contributed by atoms with van der Waals surface area (Å²) in [4.78, 5) is 23.3. The summed E-state index contributed by atoms with van der Waals surface area (Å²) < 4.78 is 5.50. The number of rotatable bonds is 6. The van der Waals surface area contributed by atoms with E-state index in [-0.39, 0.29) is 18.7 Å². The number of aryl methyl sites for hydroxylation is 2. The monoisotopic (exact) mass is 315 g/mol. The lowest BCUT2D eigenvalue weighted by Gasteiger charge is -2.12. The second-order valence-corrected chi connectivity index (χ2v) is 5.63. The molecule has 2 aromatic rings. The molecule has 0 spiro atoms. The van der Waals surface area contributed by atoms with Crippen molar-refractivity contribution in [3.63, 3.8) is 0 Å². The number of furan rings is 1. The number of benzene rings is 1. The molecule has 0 aliphatic heterocycles. The summed E-state index contributed by atoms with van der Waals surface area (Å²) >= 11 is 0. The smallest absolute Gasteiger partial charge is 0.326 e. The standard InChI is InChI=1S/C18H21NO4/c1-4-5-6-15(18(21)22)19-17(20)9-13-10-23-16-8-12(3)11(2)7-14(13)16/h4-5,7-8,10,15H,6,9H2,1-3H3,(H,19,20)(H,21,22)/b5-4+. The number of allylic oxidation sites excluding steroid dienone is 1. The maximum absolute atomic E-state index is 12.1. The maximum Gasteiger partial charge on any atom is 0.326 e. The van der Waals surface area contributed by atoms with Crippen molar-refractivity contribution in [3.05, 3.63) is 47.2 Å². The van der Waals surface area contributed by atoms with Crippen LogP contribution in [-0.4, -0.2) is 23.0 Å². The van der Waals surface area contributed by atoms with Gasteiger partial charge in [-0.15, -0.1) is 0 Å². The zero-order valence-electron chi connectivity index (χ0n) is 13.6. The molecule has 0 fully saturated rings. The van der Waals surface area contributed by atoms with Crippen LogP contribution in [0.15, 0.2) is 35.0 Å². The molecule has 5 nitrogen and oxygen atoms in total. The third-order valence-corrected chi connectivity index (χ3v) is 3.86. The van der Waals surface area contributed by atoms with Crippen molar-refractivity contribution in [1.29, 1.82) is 0 Å². The van der Waals surface area contributed by atoms with Crippen LogP contribution in [0.3, 0.4) is 0 Å². The molecule has 0 saturated heterocycles. The van der Waals surface area contributed by atoms with Crippen LogP contribution >= 0.6 is 0 Å². The Morgan fingerprint density at radius 1 is 1.30 bits per heavy atom. The highest BCUT2D eigenvalue weighted by Gasteiger charge is 2.19. The van der Waals surface area contributed by atoms with Gasteiger partial charge in [-0.1, -0.05) is 12.2 Å². The number of carboxylic acid groups (broad SMARTS) is 1. The highest BCUT2D eigenvalue weighted by atomic mass is 16.4. The van der Waals surface area contributed by atoms with Crippen molar-refractivity contribution in [2.45, 2.75) is 39.7 Å². The molecule has 2 rings (SSSR count). The van der Waals surface area contributed by atoms with E-state index in [2.05, 4.69) is 5.32 Å². The number of aliphatic carboxylic acids is 1. The van der Waals surface area contributed by atoms with Crippen LogP contribution < -0.4 is 5.32 Å². The lowest BCUT2D eigenvalue weighted by molar-refractivity contribution is -0.141. The van der Waals surface area contributed by atoms with E-state index >= 15 is 0 Å². The van der Waals surface area contributed by atoms with Crippen LogP contribution in [0.25, 0.3) is 11.0 Å². The molecule has 1 heterocycles. The molecule has 2 N–H and O–H groups in total. The van der Waals surface area contributed by atoms with Crippen LogP contribution in [0.2, 0.25) is 0 Å². The van der Waals surface area contributed by atoms with Gasteiger partial charge in [0.25, 0.3) is 0 Å². The second kappa shape index (κ2) is 7.13. The minimum atomic E-state index is -1.04. The summed E-state index contributed by atoms with van der Waals surface area (Å²) in [5.41, 5.74) is 3.74. The summed E-state index contributed by atoms with van der Waals surface area (Å²) in [5, 5.41) is 12.6. The van der Waals surface area contributed by atoms with E-state index in [1.54, 1.807) is 18.4 Å². The van der Waals surface area contributed by atoms with E-state index < -0.39 is 12.0 Å². The SMILES string of the molecule is C/C=C/CC(NC(=O)Cc1coc2cc(C)c(C)cc12)C(=O)O. The van der Waals surface area contributed by atoms with Crippen molar-refractivity contribution >= 4 is 22.8 Å². The van der Waals surface area contributed by atoms with Gasteiger partial charge >= 0.3 is 5.97 Å². The fraction of sp³-hybridized carbons (Fsp3) is 0.333. The van der Waals surface area contributed by atoms with Gasteiger partial charge in [0.15, 0.2) is 0 Å². The molecule has 0 radical (unpaired) electrons. The van der Waals surface area contributed by atoms with Gasteiger partial charge in [-0.2, -0.15) is 0 Å². The Balaban J connectivity index is 2.13. The van der Waals surface area contributed by atoms with Gasteiger partial charge in [-0.25, -0.2) is 4.79 Å². The highest BCUT2D eigenvalue weighted by Crippen LogP contribution is 2.25. The van der Waals surface area contributed by atoms with Gasteiger partial charge < -0.3 is 14.8 Å². The summed E-state index contributed by atoms with van der Waals surface area (Å²) in [7, 11) is 0. The molecule has 1 atom stereocenters. The van der Waals surface area contributed by atoms with Gasteiger partial charge in [0, 0.05) is 10.9 Å². The van der Waals surface area contributed by atoms with Gasteiger partial charge in [0.2, 0.25) is 5.91 Å². The van der Waals surface area contributed by atoms with Crippen molar-refractivity contribution in [3.8, 4) is 0 Å². The van der Waals surface area contributed by atoms with Crippen molar-refractivity contribution < 1.29 is 19.1 Å². The number of fused-ring (bicyclic) bond motifs is 1. The third-order valence-electron chi connectivity index (χ3n) is 3.86. The van der Waals surface area contributed by atoms with Gasteiger partial charge in [0.1, 0.15) is 11.6 Å². The van der Waals surface area contributed by atoms with Crippen LogP contribution in [-0.2, 0) is 16.0 Å². The van der Waals surface area contributed by atoms with Gasteiger partial charge in [-0.05, 0) is 50.5 Å². The number of hydrogen-bond acceptors (Lipinski definition) is 3. The number of hydrogen-bond donors (Lipinski definition) is 2. The largest absolute Gasteiger partial charge is 0.480 e. The van der Waals surface area contributed by atoms with E-state index in [4.69, 9.17) is 9.52 Å². The molecule has 122 valence electrons. The number of amides is 1. The minimum absolute atomic E-state index is 0.0924. The fourth-order valence-corrected chi connectivity index (χ4v) is 2.39. The minimum Gasteiger partial charge on any atom is -0.480 e. The topological polar surface area (TPSA) is 79.5 Å². The summed E-state index contributed by atoms with van der Waals surface area (Å²) in [5.74, 6) is -1.37. The van der Waals surface area contributed by atoms with Crippen LogP contribution in [0.4, 0.5) is 0 Å². The first-order valence-corrected chi connectivity index (χ1v) is 7.53. The quantitative estimate of drug-likeness (QED) is 0.803. The Hall–Kier alpha value is -2.56. The summed E-state index contributed by atoms with van der Waals surface area (Å²) in [6.45, 7) is 5.81. The zero-order valence-corrected chi connectivity index (χ0v) is 13.6. The molecule has 5 heteroatoms. The van der Waals surface area contributed by atoms with Crippen molar-refractivity contribution in [2.24, 2.45) is 0 Å². The van der Waals surface area contributed by atoms with Gasteiger partial charge in [-0.3, -0.25) is 4.79 Å². The van der Waals surface area contributed by atoms with Crippen LogP contribution in [0.1, 0.15) is 30.0 Å². The molecule has 0 aliphatic rings. The van der Waals surface area contributed by atoms with E-state index in [0.29, 0.717) is 0 Å². The highest BCUT2D eigenvalue weighted by molar-refractivity contribution is 5.90. The van der Waals surface area contributed by atoms with Crippen molar-refractivity contribution in [2.75, 3.05) is 0 Å². The summed E-state index contributed by atoms with van der Waals surface area (Å²) in [6, 6.07) is 3.02. The first-order chi connectivity index (χ1) is 10.9. The van der Waals surface area contributed by atoms with Crippen LogP contribution in [0.5, 0.6) is 0 Å². The number of carboxylic acids is 1. The first kappa shape index (κ1) is 16.8. The number of carbonyl (C=O) groups is 2. The molecule has 1 amide bonds. The molecule has 0 saturated carbocycles. The zero-order chi connectivity index (χ0) is 17.0. The average molecular weight is 315 g/mol. The van der Waals surface area contributed by atoms with E-state index in [1.807, 2.05) is 32.9 Å². The lowest BCUT2D eigenvalue weighted by atomic mass is 10.0. The predicted molar refractivity (Wildman–Crippen MR) is 88.4 cm³/mol. The fourth-order valence-electron chi connectivity index (χ4n) is 2.39. The average Bonchev–Trinajstić information content (AvgIpc) is 2.86. The lowest BCUT2D eigenvalue weighted by Crippen LogP contribution is -2.41. The summed E-state index contributed by atoms with van der Waals surface area (Å²) in [6.07, 6.45) is 5.40. The molecule has 1 aromatic carbocycles. The van der Waals surface area contributed by atoms with Gasteiger partial charge in [0.05, 0.1) is 12.7 Å². The third kappa shape index (κ3) is 4.00. The Morgan fingerprint density at radius 2 is 2.00 bits per heavy atom. The molecule has 0 bridgehead atoms. The molecule has 1 unspecified atom stereocenters. The molecular weight excluding hydrogens is 294 g/mol. The second-order valence-electron chi connectivity index (χ2n) is 5.63. The Labute approximate surface area is 135 Å².